The number of hydrogen-bond acceptors (Lipinski definition) is 4. The van der Waals surface area contributed by atoms with E-state index >= 15 is 0 Å². The lowest BCUT2D eigenvalue weighted by atomic mass is 10.1. The average molecular weight is 315 g/mol. The molecule has 3 heterocycles. The van der Waals surface area contributed by atoms with Crippen LogP contribution in [0.2, 0.25) is 0 Å². The van der Waals surface area contributed by atoms with Gasteiger partial charge in [-0.15, -0.1) is 0 Å². The van der Waals surface area contributed by atoms with E-state index in [1.165, 1.54) is 24.0 Å². The van der Waals surface area contributed by atoms with Crippen molar-refractivity contribution in [1.29, 1.82) is 0 Å². The first-order chi connectivity index (χ1) is 11.2. The molecule has 0 bridgehead atoms. The summed E-state index contributed by atoms with van der Waals surface area (Å²) in [4.78, 5) is 0. The third-order valence-corrected chi connectivity index (χ3v) is 4.89. The first-order valence-electron chi connectivity index (χ1n) is 8.55. The Kier molecular flexibility index (Phi) is 3.95. The fourth-order valence-corrected chi connectivity index (χ4v) is 3.38. The highest BCUT2D eigenvalue weighted by molar-refractivity contribution is 5.17. The van der Waals surface area contributed by atoms with Gasteiger partial charge in [0, 0.05) is 56.3 Å². The summed E-state index contributed by atoms with van der Waals surface area (Å²) in [5.74, 6) is 0.842. The molecule has 1 N–H and O–H groups in total. The van der Waals surface area contributed by atoms with Crippen LogP contribution in [0.4, 0.5) is 0 Å². The van der Waals surface area contributed by atoms with Gasteiger partial charge in [0.2, 0.25) is 0 Å². The van der Waals surface area contributed by atoms with Crippen LogP contribution in [-0.2, 0) is 24.9 Å². The molecular formula is C17H25N5O. The Bertz CT molecular complexity index is 672. The molecule has 1 aliphatic carbocycles. The second-order valence-corrected chi connectivity index (χ2v) is 6.92. The van der Waals surface area contributed by atoms with E-state index in [4.69, 9.17) is 4.74 Å². The maximum atomic E-state index is 5.97. The molecule has 2 aliphatic rings. The van der Waals surface area contributed by atoms with Crippen molar-refractivity contribution in [3.05, 3.63) is 35.4 Å². The van der Waals surface area contributed by atoms with Crippen LogP contribution < -0.4 is 5.32 Å². The second-order valence-electron chi connectivity index (χ2n) is 6.92. The minimum absolute atomic E-state index is 0.111. The molecule has 0 unspecified atom stereocenters. The molecule has 0 radical (unpaired) electrons. The van der Waals surface area contributed by atoms with E-state index in [-0.39, 0.29) is 6.10 Å². The van der Waals surface area contributed by atoms with Gasteiger partial charge >= 0.3 is 0 Å². The molecule has 1 aliphatic heterocycles. The predicted octanol–water partition coefficient (Wildman–Crippen LogP) is 1.95. The van der Waals surface area contributed by atoms with Gasteiger partial charge in [0.05, 0.1) is 11.9 Å². The molecule has 2 aromatic heterocycles. The maximum absolute atomic E-state index is 5.97. The minimum Gasteiger partial charge on any atom is -0.372 e. The second kappa shape index (κ2) is 6.09. The lowest BCUT2D eigenvalue weighted by Crippen LogP contribution is -2.31. The van der Waals surface area contributed by atoms with Gasteiger partial charge in [0.25, 0.3) is 0 Å². The molecule has 6 heteroatoms. The van der Waals surface area contributed by atoms with E-state index in [2.05, 4.69) is 39.5 Å². The number of nitrogens with one attached hydrogen (secondary N) is 1. The molecule has 124 valence electrons. The fourth-order valence-electron chi connectivity index (χ4n) is 3.38. The molecule has 2 fully saturated rings. The number of ether oxygens (including phenoxy) is 1. The van der Waals surface area contributed by atoms with Gasteiger partial charge in [-0.1, -0.05) is 0 Å². The summed E-state index contributed by atoms with van der Waals surface area (Å²) in [6, 6.07) is 0.341. The van der Waals surface area contributed by atoms with E-state index in [1.807, 2.05) is 17.9 Å². The predicted molar refractivity (Wildman–Crippen MR) is 86.8 cm³/mol. The van der Waals surface area contributed by atoms with Crippen molar-refractivity contribution >= 4 is 0 Å². The van der Waals surface area contributed by atoms with Gasteiger partial charge in [0.15, 0.2) is 0 Å². The van der Waals surface area contributed by atoms with Crippen molar-refractivity contribution in [2.75, 3.05) is 6.61 Å². The molecule has 0 spiro atoms. The minimum atomic E-state index is 0.111. The molecular weight excluding hydrogens is 290 g/mol. The lowest BCUT2D eigenvalue weighted by molar-refractivity contribution is 0.0984. The Hall–Kier alpha value is -1.66. The molecule has 0 aromatic carbocycles. The third-order valence-electron chi connectivity index (χ3n) is 4.89. The number of nitrogens with zero attached hydrogens (tertiary/aromatic N) is 4. The van der Waals surface area contributed by atoms with Crippen LogP contribution in [0, 0.1) is 12.8 Å². The smallest absolute Gasteiger partial charge is 0.101 e. The molecule has 1 saturated carbocycles. The summed E-state index contributed by atoms with van der Waals surface area (Å²) in [6.07, 6.45) is 10.1. The normalized spacial score (nSPS) is 24.4. The molecule has 4 rings (SSSR count). The molecule has 6 nitrogen and oxygen atoms in total. The first-order valence-corrected chi connectivity index (χ1v) is 8.55. The summed E-state index contributed by atoms with van der Waals surface area (Å²) < 4.78 is 9.93. The highest BCUT2D eigenvalue weighted by Crippen LogP contribution is 2.32. The summed E-state index contributed by atoms with van der Waals surface area (Å²) >= 11 is 0. The van der Waals surface area contributed by atoms with Crippen molar-refractivity contribution < 1.29 is 4.74 Å². The maximum Gasteiger partial charge on any atom is 0.101 e. The highest BCUT2D eigenvalue weighted by Gasteiger charge is 2.31. The van der Waals surface area contributed by atoms with E-state index in [1.54, 1.807) is 0 Å². The van der Waals surface area contributed by atoms with Crippen LogP contribution in [0.3, 0.4) is 0 Å². The third kappa shape index (κ3) is 3.33. The zero-order valence-corrected chi connectivity index (χ0v) is 13.9. The van der Waals surface area contributed by atoms with Gasteiger partial charge < -0.3 is 10.1 Å². The van der Waals surface area contributed by atoms with Gasteiger partial charge in [-0.05, 0) is 32.1 Å². The van der Waals surface area contributed by atoms with Crippen molar-refractivity contribution in [3.8, 4) is 0 Å². The highest BCUT2D eigenvalue weighted by atomic mass is 16.5. The Balaban J connectivity index is 1.39. The summed E-state index contributed by atoms with van der Waals surface area (Å²) in [5, 5.41) is 12.6. The summed E-state index contributed by atoms with van der Waals surface area (Å²) in [7, 11) is 1.96. The Morgan fingerprint density at radius 3 is 2.91 bits per heavy atom. The Morgan fingerprint density at radius 1 is 1.30 bits per heavy atom. The molecule has 23 heavy (non-hydrogen) atoms. The zero-order chi connectivity index (χ0) is 15.8. The van der Waals surface area contributed by atoms with Crippen molar-refractivity contribution in [2.45, 2.75) is 51.4 Å². The Labute approximate surface area is 136 Å². The summed E-state index contributed by atoms with van der Waals surface area (Å²) in [6.45, 7) is 4.75. The molecule has 1 saturated heterocycles. The van der Waals surface area contributed by atoms with Gasteiger partial charge in [-0.25, -0.2) is 0 Å². The van der Waals surface area contributed by atoms with Gasteiger partial charge in [-0.3, -0.25) is 9.36 Å². The first kappa shape index (κ1) is 14.9. The number of aromatic nitrogens is 4. The molecule has 2 atom stereocenters. The van der Waals surface area contributed by atoms with E-state index in [0.29, 0.717) is 6.04 Å². The van der Waals surface area contributed by atoms with Crippen LogP contribution in [0.1, 0.15) is 42.2 Å². The largest absolute Gasteiger partial charge is 0.372 e. The SMILES string of the molecule is Cc1nn(C)cc1CN[C@H]1CCO[C@@H]1c1cnn(CC2CC2)c1. The van der Waals surface area contributed by atoms with Crippen LogP contribution in [0.15, 0.2) is 18.6 Å². The number of hydrogen-bond donors (Lipinski definition) is 1. The topological polar surface area (TPSA) is 56.9 Å². The zero-order valence-electron chi connectivity index (χ0n) is 13.9. The van der Waals surface area contributed by atoms with Crippen LogP contribution in [0.25, 0.3) is 0 Å². The van der Waals surface area contributed by atoms with Gasteiger partial charge in [-0.2, -0.15) is 10.2 Å². The van der Waals surface area contributed by atoms with E-state index < -0.39 is 0 Å². The van der Waals surface area contributed by atoms with Crippen LogP contribution >= 0.6 is 0 Å². The monoisotopic (exact) mass is 315 g/mol. The fraction of sp³-hybridized carbons (Fsp3) is 0.647. The van der Waals surface area contributed by atoms with Crippen molar-refractivity contribution in [3.63, 3.8) is 0 Å². The standard InChI is InChI=1S/C17H25N5O/c1-12-14(10-21(2)20-12)7-18-16-5-6-23-17(16)15-8-19-22(11-15)9-13-3-4-13/h8,10-11,13,16-18H,3-7,9H2,1-2H3/t16-,17+/m0/s1. The van der Waals surface area contributed by atoms with Gasteiger partial charge in [0.1, 0.15) is 6.10 Å². The quantitative estimate of drug-likeness (QED) is 0.885. The summed E-state index contributed by atoms with van der Waals surface area (Å²) in [5.41, 5.74) is 3.54. The molecule has 0 amide bonds. The lowest BCUT2D eigenvalue weighted by Gasteiger charge is -2.18. The average Bonchev–Trinajstić information content (AvgIpc) is 2.91. The number of rotatable bonds is 6. The van der Waals surface area contributed by atoms with Crippen molar-refractivity contribution in [2.24, 2.45) is 13.0 Å². The Morgan fingerprint density at radius 2 is 2.17 bits per heavy atom. The van der Waals surface area contributed by atoms with Crippen LogP contribution in [-0.4, -0.2) is 32.2 Å². The number of aryl methyl sites for hydroxylation is 2. The molecule has 2 aromatic rings. The van der Waals surface area contributed by atoms with Crippen molar-refractivity contribution in [1.82, 2.24) is 24.9 Å². The van der Waals surface area contributed by atoms with E-state index in [9.17, 15) is 0 Å². The van der Waals surface area contributed by atoms with E-state index in [0.717, 1.165) is 37.7 Å². The van der Waals surface area contributed by atoms with Crippen LogP contribution in [0.5, 0.6) is 0 Å².